The van der Waals surface area contributed by atoms with Gasteiger partial charge >= 0.3 is 0 Å². The molecule has 1 aromatic heterocycles. The fourth-order valence-corrected chi connectivity index (χ4v) is 2.48. The first-order chi connectivity index (χ1) is 9.90. The largest absolute Gasteiger partial charge is 0.489 e. The van der Waals surface area contributed by atoms with Gasteiger partial charge in [0, 0.05) is 18.6 Å². The summed E-state index contributed by atoms with van der Waals surface area (Å²) in [7, 11) is 0. The first-order valence-electron chi connectivity index (χ1n) is 6.89. The van der Waals surface area contributed by atoms with Gasteiger partial charge in [0.2, 0.25) is 0 Å². The summed E-state index contributed by atoms with van der Waals surface area (Å²) in [6, 6.07) is 3.86. The van der Waals surface area contributed by atoms with Crippen LogP contribution in [0, 0.1) is 0 Å². The number of benzene rings is 1. The van der Waals surface area contributed by atoms with Crippen molar-refractivity contribution in [1.29, 1.82) is 0 Å². The Morgan fingerprint density at radius 3 is 2.70 bits per heavy atom. The van der Waals surface area contributed by atoms with E-state index in [1.165, 1.54) is 0 Å². The second-order valence-electron chi connectivity index (χ2n) is 4.92. The Morgan fingerprint density at radius 1 is 1.05 bits per heavy atom. The Hall–Kier alpha value is -1.79. The number of H-pyrrole nitrogens is 1. The number of rotatable bonds is 1. The van der Waals surface area contributed by atoms with Crippen molar-refractivity contribution in [1.82, 2.24) is 9.97 Å². The molecule has 1 saturated heterocycles. The highest BCUT2D eigenvalue weighted by molar-refractivity contribution is 5.80. The average Bonchev–Trinajstić information content (AvgIpc) is 2.76. The van der Waals surface area contributed by atoms with Crippen LogP contribution >= 0.6 is 0 Å². The Kier molecular flexibility index (Phi) is 2.97. The summed E-state index contributed by atoms with van der Waals surface area (Å²) in [5.41, 5.74) is 1.79. The summed E-state index contributed by atoms with van der Waals surface area (Å²) in [4.78, 5) is 7.86. The Balaban J connectivity index is 1.72. The predicted octanol–water partition coefficient (Wildman–Crippen LogP) is 1.81. The molecule has 0 bridgehead atoms. The topological polar surface area (TPSA) is 65.6 Å². The molecule has 3 heterocycles. The maximum Gasteiger partial charge on any atom is 0.163 e. The number of fused-ring (bicyclic) bond motifs is 2. The van der Waals surface area contributed by atoms with E-state index in [-0.39, 0.29) is 6.10 Å². The standard InChI is InChI=1S/C14H16N2O4/c1-2-18-11-6-9-10(7-12(11)19-3-1)16-14(15-9)13-8-17-4-5-20-13/h6-7,13H,1-5,8H2,(H,15,16). The first kappa shape index (κ1) is 12.0. The molecule has 2 aliphatic rings. The molecule has 0 amide bonds. The molecular formula is C14H16N2O4. The van der Waals surface area contributed by atoms with E-state index < -0.39 is 0 Å². The van der Waals surface area contributed by atoms with Gasteiger partial charge in [-0.2, -0.15) is 0 Å². The van der Waals surface area contributed by atoms with Gasteiger partial charge in [-0.3, -0.25) is 0 Å². The van der Waals surface area contributed by atoms with E-state index in [1.54, 1.807) is 0 Å². The highest BCUT2D eigenvalue weighted by Crippen LogP contribution is 2.34. The molecule has 2 aliphatic heterocycles. The highest BCUT2D eigenvalue weighted by Gasteiger charge is 2.21. The number of nitrogens with zero attached hydrogens (tertiary/aromatic N) is 1. The lowest BCUT2D eigenvalue weighted by atomic mass is 10.3. The maximum absolute atomic E-state index is 5.68. The van der Waals surface area contributed by atoms with Crippen LogP contribution in [-0.4, -0.2) is 43.0 Å². The van der Waals surface area contributed by atoms with Gasteiger partial charge < -0.3 is 23.9 Å². The monoisotopic (exact) mass is 276 g/mol. The molecule has 0 saturated carbocycles. The SMILES string of the molecule is c1c2c(cc3[nH]c(C4COCCO4)nc13)OCCCO2. The van der Waals surface area contributed by atoms with Crippen molar-refractivity contribution in [3.8, 4) is 11.5 Å². The summed E-state index contributed by atoms with van der Waals surface area (Å²) in [5.74, 6) is 2.32. The summed E-state index contributed by atoms with van der Waals surface area (Å²) in [6.07, 6.45) is 0.770. The zero-order valence-electron chi connectivity index (χ0n) is 11.1. The van der Waals surface area contributed by atoms with Crippen molar-refractivity contribution in [2.24, 2.45) is 0 Å². The molecule has 1 aromatic carbocycles. The third-order valence-corrected chi connectivity index (χ3v) is 3.49. The van der Waals surface area contributed by atoms with Crippen LogP contribution in [-0.2, 0) is 9.47 Å². The van der Waals surface area contributed by atoms with Crippen molar-refractivity contribution < 1.29 is 18.9 Å². The number of imidazole rings is 1. The van der Waals surface area contributed by atoms with E-state index in [4.69, 9.17) is 18.9 Å². The van der Waals surface area contributed by atoms with E-state index in [9.17, 15) is 0 Å². The molecule has 1 fully saturated rings. The molecule has 6 nitrogen and oxygen atoms in total. The van der Waals surface area contributed by atoms with E-state index in [1.807, 2.05) is 12.1 Å². The van der Waals surface area contributed by atoms with Gasteiger partial charge in [0.1, 0.15) is 11.9 Å². The molecule has 2 aromatic rings. The Morgan fingerprint density at radius 2 is 1.90 bits per heavy atom. The van der Waals surface area contributed by atoms with Gasteiger partial charge in [-0.1, -0.05) is 0 Å². The van der Waals surface area contributed by atoms with Crippen LogP contribution in [0.2, 0.25) is 0 Å². The van der Waals surface area contributed by atoms with Crippen molar-refractivity contribution in [3.63, 3.8) is 0 Å². The van der Waals surface area contributed by atoms with Crippen LogP contribution in [0.4, 0.5) is 0 Å². The highest BCUT2D eigenvalue weighted by atomic mass is 16.6. The molecule has 0 aliphatic carbocycles. The van der Waals surface area contributed by atoms with Crippen molar-refractivity contribution in [2.75, 3.05) is 33.0 Å². The normalized spacial score (nSPS) is 22.7. The minimum absolute atomic E-state index is 0.127. The fraction of sp³-hybridized carbons (Fsp3) is 0.500. The lowest BCUT2D eigenvalue weighted by molar-refractivity contribution is -0.0931. The second-order valence-corrected chi connectivity index (χ2v) is 4.92. The number of nitrogens with one attached hydrogen (secondary N) is 1. The molecule has 6 heteroatoms. The quantitative estimate of drug-likeness (QED) is 0.860. The molecule has 0 radical (unpaired) electrons. The molecular weight excluding hydrogens is 260 g/mol. The average molecular weight is 276 g/mol. The lowest BCUT2D eigenvalue weighted by Crippen LogP contribution is -2.22. The van der Waals surface area contributed by atoms with E-state index in [2.05, 4.69) is 9.97 Å². The number of aromatic amines is 1. The zero-order valence-corrected chi connectivity index (χ0v) is 11.1. The van der Waals surface area contributed by atoms with Crippen molar-refractivity contribution in [3.05, 3.63) is 18.0 Å². The van der Waals surface area contributed by atoms with Crippen LogP contribution in [0.25, 0.3) is 11.0 Å². The van der Waals surface area contributed by atoms with Crippen LogP contribution < -0.4 is 9.47 Å². The van der Waals surface area contributed by atoms with Crippen molar-refractivity contribution in [2.45, 2.75) is 12.5 Å². The molecule has 4 rings (SSSR count). The zero-order chi connectivity index (χ0) is 13.4. The minimum atomic E-state index is -0.127. The number of hydrogen-bond acceptors (Lipinski definition) is 5. The van der Waals surface area contributed by atoms with E-state index in [0.717, 1.165) is 34.8 Å². The van der Waals surface area contributed by atoms with Crippen LogP contribution in [0.1, 0.15) is 18.3 Å². The third kappa shape index (κ3) is 2.10. The van der Waals surface area contributed by atoms with E-state index >= 15 is 0 Å². The van der Waals surface area contributed by atoms with Crippen LogP contribution in [0.15, 0.2) is 12.1 Å². The van der Waals surface area contributed by atoms with Crippen LogP contribution in [0.5, 0.6) is 11.5 Å². The molecule has 20 heavy (non-hydrogen) atoms. The molecule has 1 atom stereocenters. The first-order valence-corrected chi connectivity index (χ1v) is 6.89. The van der Waals surface area contributed by atoms with Gasteiger partial charge in [-0.15, -0.1) is 0 Å². The van der Waals surface area contributed by atoms with Gasteiger partial charge in [0.05, 0.1) is 44.1 Å². The number of ether oxygens (including phenoxy) is 4. The summed E-state index contributed by atoms with van der Waals surface area (Å²) >= 11 is 0. The fourth-order valence-electron chi connectivity index (χ4n) is 2.48. The summed E-state index contributed by atoms with van der Waals surface area (Å²) < 4.78 is 22.4. The second kappa shape index (κ2) is 4.96. The van der Waals surface area contributed by atoms with Gasteiger partial charge in [0.25, 0.3) is 0 Å². The van der Waals surface area contributed by atoms with Gasteiger partial charge in [-0.25, -0.2) is 4.98 Å². The smallest absolute Gasteiger partial charge is 0.163 e. The summed E-state index contributed by atoms with van der Waals surface area (Å²) in [6.45, 7) is 3.14. The lowest BCUT2D eigenvalue weighted by Gasteiger charge is -2.20. The molecule has 1 unspecified atom stereocenters. The van der Waals surface area contributed by atoms with Crippen LogP contribution in [0.3, 0.4) is 0 Å². The minimum Gasteiger partial charge on any atom is -0.489 e. The van der Waals surface area contributed by atoms with Gasteiger partial charge in [0.15, 0.2) is 11.5 Å². The predicted molar refractivity (Wildman–Crippen MR) is 71.2 cm³/mol. The Bertz CT molecular complexity index is 576. The van der Waals surface area contributed by atoms with Crippen molar-refractivity contribution >= 4 is 11.0 Å². The number of aromatic nitrogens is 2. The summed E-state index contributed by atoms with van der Waals surface area (Å²) in [5, 5.41) is 0. The molecule has 106 valence electrons. The molecule has 0 spiro atoms. The maximum atomic E-state index is 5.68. The van der Waals surface area contributed by atoms with E-state index in [0.29, 0.717) is 33.0 Å². The molecule has 1 N–H and O–H groups in total. The Labute approximate surface area is 116 Å². The van der Waals surface area contributed by atoms with Gasteiger partial charge in [-0.05, 0) is 0 Å². The third-order valence-electron chi connectivity index (χ3n) is 3.49. The number of hydrogen-bond donors (Lipinski definition) is 1.